The third kappa shape index (κ3) is 4.53. The summed E-state index contributed by atoms with van der Waals surface area (Å²) in [6.45, 7) is 0. The highest BCUT2D eigenvalue weighted by Gasteiger charge is 2.18. The minimum absolute atomic E-state index is 0.0410. The number of carbonyl (C=O) groups is 1. The second-order valence-corrected chi connectivity index (χ2v) is 9.39. The second-order valence-electron chi connectivity index (χ2n) is 7.41. The third-order valence-corrected chi connectivity index (χ3v) is 6.93. The molecule has 0 radical (unpaired) electrons. The maximum Gasteiger partial charge on any atom is 0.270 e. The smallest absolute Gasteiger partial charge is 0.270 e. The number of nitro benzene ring substituents is 1. The van der Waals surface area contributed by atoms with Crippen molar-refractivity contribution in [3.63, 3.8) is 0 Å². The van der Waals surface area contributed by atoms with E-state index < -0.39 is 28.0 Å². The van der Waals surface area contributed by atoms with E-state index in [-0.39, 0.29) is 32.8 Å². The summed E-state index contributed by atoms with van der Waals surface area (Å²) < 4.78 is 29.6. The van der Waals surface area contributed by atoms with Crippen LogP contribution in [-0.4, -0.2) is 31.1 Å². The van der Waals surface area contributed by atoms with E-state index in [2.05, 4.69) is 15.3 Å². The molecule has 3 aromatic carbocycles. The zero-order valence-corrected chi connectivity index (χ0v) is 19.6. The van der Waals surface area contributed by atoms with Gasteiger partial charge >= 0.3 is 0 Å². The number of hydrogen-bond acceptors (Lipinski definition) is 8. The molecule has 0 aliphatic rings. The van der Waals surface area contributed by atoms with Gasteiger partial charge in [-0.1, -0.05) is 35.2 Å². The summed E-state index contributed by atoms with van der Waals surface area (Å²) in [5, 5.41) is 14.1. The van der Waals surface area contributed by atoms with Gasteiger partial charge < -0.3 is 5.32 Å². The SMILES string of the molecule is O=C(CSc1nc2ccccc2c(=O)n1-c1ccc(F)cc1F)Nc1nc2ccc([N+](=O)[O-])cc2s1. The van der Waals surface area contributed by atoms with Crippen LogP contribution in [0.1, 0.15) is 0 Å². The zero-order valence-electron chi connectivity index (χ0n) is 18.0. The largest absolute Gasteiger partial charge is 0.301 e. The molecule has 0 spiro atoms. The number of rotatable bonds is 6. The first kappa shape index (κ1) is 23.5. The van der Waals surface area contributed by atoms with Crippen molar-refractivity contribution >= 4 is 60.9 Å². The number of halogens is 2. The van der Waals surface area contributed by atoms with Gasteiger partial charge in [0.25, 0.3) is 11.2 Å². The molecule has 0 bridgehead atoms. The fraction of sp³-hybridized carbons (Fsp3) is 0.0435. The van der Waals surface area contributed by atoms with Crippen LogP contribution in [0, 0.1) is 21.7 Å². The highest BCUT2D eigenvalue weighted by atomic mass is 32.2. The molecule has 1 N–H and O–H groups in total. The Labute approximate surface area is 208 Å². The number of carbonyl (C=O) groups excluding carboxylic acids is 1. The summed E-state index contributed by atoms with van der Waals surface area (Å²) in [6.07, 6.45) is 0. The van der Waals surface area contributed by atoms with E-state index in [9.17, 15) is 28.5 Å². The van der Waals surface area contributed by atoms with Gasteiger partial charge in [-0.3, -0.25) is 24.3 Å². The fourth-order valence-corrected chi connectivity index (χ4v) is 5.17. The molecule has 0 atom stereocenters. The highest BCUT2D eigenvalue weighted by Crippen LogP contribution is 2.30. The minimum atomic E-state index is -0.955. The third-order valence-electron chi connectivity index (χ3n) is 5.06. The van der Waals surface area contributed by atoms with Crippen LogP contribution in [0.15, 0.2) is 70.6 Å². The molecule has 0 saturated heterocycles. The number of amides is 1. The molecule has 0 unspecified atom stereocenters. The van der Waals surface area contributed by atoms with E-state index in [0.29, 0.717) is 21.8 Å². The van der Waals surface area contributed by atoms with E-state index in [1.54, 1.807) is 24.3 Å². The first-order valence-corrected chi connectivity index (χ1v) is 12.1. The van der Waals surface area contributed by atoms with Crippen LogP contribution in [0.5, 0.6) is 0 Å². The Bertz CT molecular complexity index is 1740. The number of anilines is 1. The molecule has 1 amide bonds. The number of nitrogens with one attached hydrogen (secondary N) is 1. The normalized spacial score (nSPS) is 11.2. The van der Waals surface area contributed by atoms with Gasteiger partial charge in [0.2, 0.25) is 5.91 Å². The van der Waals surface area contributed by atoms with E-state index >= 15 is 0 Å². The number of thiazole rings is 1. The predicted molar refractivity (Wildman–Crippen MR) is 133 cm³/mol. The predicted octanol–water partition coefficient (Wildman–Crippen LogP) is 4.91. The summed E-state index contributed by atoms with van der Waals surface area (Å²) in [7, 11) is 0. The number of hydrogen-bond donors (Lipinski definition) is 1. The molecule has 2 aromatic heterocycles. The molecule has 9 nitrogen and oxygen atoms in total. The van der Waals surface area contributed by atoms with E-state index in [1.165, 1.54) is 18.2 Å². The first-order valence-electron chi connectivity index (χ1n) is 10.2. The Hall–Kier alpha value is -4.23. The molecule has 0 fully saturated rings. The maximum atomic E-state index is 14.6. The quantitative estimate of drug-likeness (QED) is 0.145. The number of fused-ring (bicyclic) bond motifs is 2. The van der Waals surface area contributed by atoms with Crippen molar-refractivity contribution in [2.24, 2.45) is 0 Å². The van der Waals surface area contributed by atoms with E-state index in [0.717, 1.165) is 39.8 Å². The van der Waals surface area contributed by atoms with Gasteiger partial charge in [-0.25, -0.2) is 18.7 Å². The van der Waals surface area contributed by atoms with Gasteiger partial charge in [-0.2, -0.15) is 0 Å². The van der Waals surface area contributed by atoms with Crippen molar-refractivity contribution < 1.29 is 18.5 Å². The van der Waals surface area contributed by atoms with Crippen molar-refractivity contribution in [1.29, 1.82) is 0 Å². The van der Waals surface area contributed by atoms with Crippen molar-refractivity contribution in [1.82, 2.24) is 14.5 Å². The monoisotopic (exact) mass is 525 g/mol. The van der Waals surface area contributed by atoms with Gasteiger partial charge in [-0.15, -0.1) is 0 Å². The number of nitro groups is 1. The first-order chi connectivity index (χ1) is 17.3. The number of benzene rings is 3. The molecule has 36 heavy (non-hydrogen) atoms. The lowest BCUT2D eigenvalue weighted by Crippen LogP contribution is -2.23. The zero-order chi connectivity index (χ0) is 25.4. The maximum absolute atomic E-state index is 14.6. The molecular formula is C23H13F2N5O4S2. The van der Waals surface area contributed by atoms with Gasteiger partial charge in [0.1, 0.15) is 11.6 Å². The molecular weight excluding hydrogens is 512 g/mol. The summed E-state index contributed by atoms with van der Waals surface area (Å²) in [5.74, 6) is -2.44. The van der Waals surface area contributed by atoms with Crippen molar-refractivity contribution in [3.8, 4) is 5.69 Å². The lowest BCUT2D eigenvalue weighted by Gasteiger charge is -2.13. The average Bonchev–Trinajstić information content (AvgIpc) is 3.25. The van der Waals surface area contributed by atoms with Crippen molar-refractivity contribution in [2.75, 3.05) is 11.1 Å². The average molecular weight is 526 g/mol. The van der Waals surface area contributed by atoms with Gasteiger partial charge in [0, 0.05) is 18.2 Å². The minimum Gasteiger partial charge on any atom is -0.301 e. The second kappa shape index (κ2) is 9.43. The molecule has 0 aliphatic heterocycles. The summed E-state index contributed by atoms with van der Waals surface area (Å²) in [6, 6.07) is 13.5. The lowest BCUT2D eigenvalue weighted by molar-refractivity contribution is -0.384. The Kier molecular flexibility index (Phi) is 6.16. The van der Waals surface area contributed by atoms with Crippen LogP contribution in [-0.2, 0) is 4.79 Å². The number of non-ortho nitro benzene ring substituents is 1. The lowest BCUT2D eigenvalue weighted by atomic mass is 10.2. The molecule has 0 saturated carbocycles. The number of para-hydroxylation sites is 1. The topological polar surface area (TPSA) is 120 Å². The van der Waals surface area contributed by atoms with Gasteiger partial charge in [0.15, 0.2) is 10.3 Å². The molecule has 2 heterocycles. The van der Waals surface area contributed by atoms with E-state index in [4.69, 9.17) is 0 Å². The molecule has 13 heteroatoms. The fourth-order valence-electron chi connectivity index (χ4n) is 3.45. The van der Waals surface area contributed by atoms with Gasteiger partial charge in [0.05, 0.1) is 37.5 Å². The van der Waals surface area contributed by atoms with Crippen LogP contribution < -0.4 is 10.9 Å². The standard InChI is InChI=1S/C23H13F2N5O4S2/c24-12-5-8-18(15(25)9-12)29-21(32)14-3-1-2-4-16(14)27-23(29)35-11-20(31)28-22-26-17-7-6-13(30(33)34)10-19(17)36-22/h1-10H,11H2,(H,26,28,31). The molecule has 5 aromatic rings. The highest BCUT2D eigenvalue weighted by molar-refractivity contribution is 7.99. The Balaban J connectivity index is 1.44. The summed E-state index contributed by atoms with van der Waals surface area (Å²) in [5.41, 5.74) is -0.00705. The Morgan fingerprint density at radius 1 is 1.08 bits per heavy atom. The van der Waals surface area contributed by atoms with Crippen molar-refractivity contribution in [2.45, 2.75) is 5.16 Å². The van der Waals surface area contributed by atoms with Gasteiger partial charge in [-0.05, 0) is 30.3 Å². The van der Waals surface area contributed by atoms with E-state index in [1.807, 2.05) is 0 Å². The van der Waals surface area contributed by atoms with Crippen LogP contribution in [0.4, 0.5) is 19.6 Å². The summed E-state index contributed by atoms with van der Waals surface area (Å²) in [4.78, 5) is 44.9. The number of thioether (sulfide) groups is 1. The number of nitrogens with zero attached hydrogens (tertiary/aromatic N) is 4. The summed E-state index contributed by atoms with van der Waals surface area (Å²) >= 11 is 1.97. The molecule has 5 rings (SSSR count). The van der Waals surface area contributed by atoms with Crippen molar-refractivity contribution in [3.05, 3.63) is 92.8 Å². The Morgan fingerprint density at radius 2 is 1.89 bits per heavy atom. The Morgan fingerprint density at radius 3 is 2.67 bits per heavy atom. The molecule has 180 valence electrons. The van der Waals surface area contributed by atoms with Crippen LogP contribution in [0.3, 0.4) is 0 Å². The number of aromatic nitrogens is 3. The van der Waals surface area contributed by atoms with Crippen LogP contribution in [0.2, 0.25) is 0 Å². The molecule has 0 aliphatic carbocycles. The van der Waals surface area contributed by atoms with Crippen LogP contribution in [0.25, 0.3) is 26.8 Å². The van der Waals surface area contributed by atoms with Crippen LogP contribution >= 0.6 is 23.1 Å².